The highest BCUT2D eigenvalue weighted by Gasteiger charge is 2.39. The van der Waals surface area contributed by atoms with Gasteiger partial charge >= 0.3 is 5.97 Å². The summed E-state index contributed by atoms with van der Waals surface area (Å²) < 4.78 is 0. The zero-order chi connectivity index (χ0) is 13.8. The van der Waals surface area contributed by atoms with Gasteiger partial charge in [-0.15, -0.1) is 0 Å². The number of hydrogen-bond acceptors (Lipinski definition) is 3. The van der Waals surface area contributed by atoms with Crippen LogP contribution in [0.3, 0.4) is 0 Å². The molecular weight excluding hydrogens is 244 g/mol. The van der Waals surface area contributed by atoms with Gasteiger partial charge in [0.05, 0.1) is 0 Å². The summed E-state index contributed by atoms with van der Waals surface area (Å²) in [6.45, 7) is 3.54. The van der Waals surface area contributed by atoms with E-state index in [0.717, 1.165) is 25.8 Å². The van der Waals surface area contributed by atoms with Gasteiger partial charge in [-0.2, -0.15) is 0 Å². The second kappa shape index (κ2) is 6.37. The molecule has 19 heavy (non-hydrogen) atoms. The van der Waals surface area contributed by atoms with Crippen molar-refractivity contribution < 1.29 is 14.7 Å². The number of carboxylic acids is 1. The normalized spacial score (nSPS) is 31.4. The van der Waals surface area contributed by atoms with Crippen molar-refractivity contribution in [1.82, 2.24) is 10.2 Å². The molecule has 1 amide bonds. The Bertz CT molecular complexity index is 340. The maximum absolute atomic E-state index is 12.2. The summed E-state index contributed by atoms with van der Waals surface area (Å²) in [6.07, 6.45) is 5.67. The first-order valence-corrected chi connectivity index (χ1v) is 7.35. The summed E-state index contributed by atoms with van der Waals surface area (Å²) in [7, 11) is 0. The van der Waals surface area contributed by atoms with Gasteiger partial charge in [-0.05, 0) is 38.1 Å². The number of carbonyl (C=O) groups excluding carboxylic acids is 1. The van der Waals surface area contributed by atoms with E-state index in [1.807, 2.05) is 6.92 Å². The zero-order valence-electron chi connectivity index (χ0n) is 11.6. The van der Waals surface area contributed by atoms with E-state index >= 15 is 0 Å². The molecule has 0 aromatic heterocycles. The van der Waals surface area contributed by atoms with Crippen molar-refractivity contribution in [3.63, 3.8) is 0 Å². The largest absolute Gasteiger partial charge is 0.480 e. The predicted octanol–water partition coefficient (Wildman–Crippen LogP) is 1.23. The summed E-state index contributed by atoms with van der Waals surface area (Å²) >= 11 is 0. The summed E-state index contributed by atoms with van der Waals surface area (Å²) in [5, 5.41) is 12.6. The van der Waals surface area contributed by atoms with Gasteiger partial charge in [-0.1, -0.05) is 13.3 Å². The fourth-order valence-corrected chi connectivity index (χ4v) is 3.22. The number of aliphatic carboxylic acids is 1. The minimum absolute atomic E-state index is 0.00382. The van der Waals surface area contributed by atoms with E-state index in [1.165, 1.54) is 12.8 Å². The van der Waals surface area contributed by atoms with Gasteiger partial charge in [0.1, 0.15) is 6.04 Å². The third-order valence-electron chi connectivity index (χ3n) is 4.39. The van der Waals surface area contributed by atoms with Crippen molar-refractivity contribution in [2.75, 3.05) is 13.1 Å². The summed E-state index contributed by atoms with van der Waals surface area (Å²) in [5.74, 6) is -0.799. The van der Waals surface area contributed by atoms with Crippen LogP contribution in [0.1, 0.15) is 45.4 Å². The number of nitrogens with one attached hydrogen (secondary N) is 1. The minimum Gasteiger partial charge on any atom is -0.480 e. The monoisotopic (exact) mass is 268 g/mol. The number of amides is 1. The lowest BCUT2D eigenvalue weighted by Crippen LogP contribution is -2.43. The molecular formula is C14H24N2O3. The second-order valence-corrected chi connectivity index (χ2v) is 5.82. The molecule has 3 unspecified atom stereocenters. The van der Waals surface area contributed by atoms with E-state index in [4.69, 9.17) is 0 Å². The molecule has 0 aromatic carbocycles. The average Bonchev–Trinajstić information content (AvgIpc) is 2.79. The van der Waals surface area contributed by atoms with Crippen LogP contribution in [0.25, 0.3) is 0 Å². The lowest BCUT2D eigenvalue weighted by molar-refractivity contribution is -0.149. The number of carbonyl (C=O) groups is 2. The average molecular weight is 268 g/mol. The van der Waals surface area contributed by atoms with E-state index in [0.29, 0.717) is 19.0 Å². The Hall–Kier alpha value is -1.10. The van der Waals surface area contributed by atoms with Crippen LogP contribution in [0.4, 0.5) is 0 Å². The number of carboxylic acid groups (broad SMARTS) is 1. The molecule has 3 atom stereocenters. The van der Waals surface area contributed by atoms with Crippen LogP contribution in [0.5, 0.6) is 0 Å². The molecule has 2 heterocycles. The van der Waals surface area contributed by atoms with Crippen LogP contribution in [-0.4, -0.2) is 47.1 Å². The van der Waals surface area contributed by atoms with Crippen molar-refractivity contribution in [3.8, 4) is 0 Å². The Labute approximate surface area is 114 Å². The molecule has 0 radical (unpaired) electrons. The topological polar surface area (TPSA) is 69.6 Å². The number of piperidine rings is 1. The third kappa shape index (κ3) is 3.47. The summed E-state index contributed by atoms with van der Waals surface area (Å²) in [6, 6.07) is -0.187. The predicted molar refractivity (Wildman–Crippen MR) is 71.8 cm³/mol. The fourth-order valence-electron chi connectivity index (χ4n) is 3.22. The van der Waals surface area contributed by atoms with Crippen molar-refractivity contribution in [2.24, 2.45) is 5.92 Å². The summed E-state index contributed by atoms with van der Waals surface area (Å²) in [4.78, 5) is 25.0. The first-order valence-electron chi connectivity index (χ1n) is 7.35. The van der Waals surface area contributed by atoms with E-state index in [9.17, 15) is 14.7 Å². The first-order chi connectivity index (χ1) is 9.09. The van der Waals surface area contributed by atoms with E-state index in [1.54, 1.807) is 4.90 Å². The van der Waals surface area contributed by atoms with Crippen molar-refractivity contribution in [3.05, 3.63) is 0 Å². The maximum atomic E-state index is 12.2. The number of nitrogens with zero attached hydrogens (tertiary/aromatic N) is 1. The van der Waals surface area contributed by atoms with E-state index in [-0.39, 0.29) is 11.8 Å². The molecule has 2 rings (SSSR count). The van der Waals surface area contributed by atoms with Crippen LogP contribution in [-0.2, 0) is 9.59 Å². The molecule has 2 fully saturated rings. The molecule has 0 aliphatic carbocycles. The maximum Gasteiger partial charge on any atom is 0.326 e. The highest BCUT2D eigenvalue weighted by atomic mass is 16.4. The molecule has 2 saturated heterocycles. The zero-order valence-corrected chi connectivity index (χ0v) is 11.6. The molecule has 5 nitrogen and oxygen atoms in total. The molecule has 0 aromatic rings. The van der Waals surface area contributed by atoms with E-state index < -0.39 is 12.0 Å². The molecule has 2 aliphatic heterocycles. The molecule has 2 aliphatic rings. The van der Waals surface area contributed by atoms with Crippen LogP contribution < -0.4 is 5.32 Å². The molecule has 108 valence electrons. The SMILES string of the molecule is CC1CCN(C(=O)CCC2CCCCN2)C1C(=O)O. The van der Waals surface area contributed by atoms with Gasteiger partial charge in [0, 0.05) is 19.0 Å². The highest BCUT2D eigenvalue weighted by molar-refractivity contribution is 5.84. The van der Waals surface area contributed by atoms with Gasteiger partial charge in [0.2, 0.25) is 5.91 Å². The second-order valence-electron chi connectivity index (χ2n) is 5.82. The number of hydrogen-bond donors (Lipinski definition) is 2. The van der Waals surface area contributed by atoms with Crippen molar-refractivity contribution >= 4 is 11.9 Å². The first kappa shape index (κ1) is 14.3. The molecule has 2 N–H and O–H groups in total. The smallest absolute Gasteiger partial charge is 0.326 e. The van der Waals surface area contributed by atoms with Gasteiger partial charge in [-0.25, -0.2) is 4.79 Å². The standard InChI is InChI=1S/C14H24N2O3/c1-10-7-9-16(13(10)14(18)19)12(17)6-5-11-4-2-3-8-15-11/h10-11,13,15H,2-9H2,1H3,(H,18,19). The van der Waals surface area contributed by atoms with Crippen LogP contribution in [0.15, 0.2) is 0 Å². The Morgan fingerprint density at radius 1 is 1.32 bits per heavy atom. The van der Waals surface area contributed by atoms with Crippen LogP contribution in [0.2, 0.25) is 0 Å². The Morgan fingerprint density at radius 2 is 2.11 bits per heavy atom. The molecule has 0 saturated carbocycles. The number of likely N-dealkylation sites (tertiary alicyclic amines) is 1. The minimum atomic E-state index is -0.867. The molecule has 0 spiro atoms. The van der Waals surface area contributed by atoms with Gasteiger partial charge in [-0.3, -0.25) is 4.79 Å². The Balaban J connectivity index is 1.83. The number of rotatable bonds is 4. The Morgan fingerprint density at radius 3 is 2.74 bits per heavy atom. The molecule has 0 bridgehead atoms. The molecule has 5 heteroatoms. The van der Waals surface area contributed by atoms with Crippen LogP contribution in [0, 0.1) is 5.92 Å². The quantitative estimate of drug-likeness (QED) is 0.804. The van der Waals surface area contributed by atoms with Gasteiger partial charge in [0.15, 0.2) is 0 Å². The van der Waals surface area contributed by atoms with Gasteiger partial charge in [0.25, 0.3) is 0 Å². The Kier molecular flexibility index (Phi) is 4.80. The lowest BCUT2D eigenvalue weighted by atomic mass is 10.00. The van der Waals surface area contributed by atoms with Gasteiger partial charge < -0.3 is 15.3 Å². The fraction of sp³-hybridized carbons (Fsp3) is 0.857. The highest BCUT2D eigenvalue weighted by Crippen LogP contribution is 2.25. The third-order valence-corrected chi connectivity index (χ3v) is 4.39. The lowest BCUT2D eigenvalue weighted by Gasteiger charge is -2.26. The van der Waals surface area contributed by atoms with Crippen molar-refractivity contribution in [2.45, 2.75) is 57.5 Å². The van der Waals surface area contributed by atoms with E-state index in [2.05, 4.69) is 5.32 Å². The summed E-state index contributed by atoms with van der Waals surface area (Å²) in [5.41, 5.74) is 0. The van der Waals surface area contributed by atoms with Crippen molar-refractivity contribution in [1.29, 1.82) is 0 Å². The van der Waals surface area contributed by atoms with Crippen LogP contribution >= 0.6 is 0 Å².